The molecule has 0 radical (unpaired) electrons. The number of nitrogens with zero attached hydrogens (tertiary/aromatic N) is 1. The molecule has 1 aromatic rings. The maximum atomic E-state index is 13.3. The van der Waals surface area contributed by atoms with Gasteiger partial charge >= 0.3 is 0 Å². The molecule has 1 unspecified atom stereocenters. The van der Waals surface area contributed by atoms with Crippen molar-refractivity contribution >= 4 is 5.78 Å². The second-order valence-electron chi connectivity index (χ2n) is 5.19. The highest BCUT2D eigenvalue weighted by Gasteiger charge is 2.22. The van der Waals surface area contributed by atoms with Crippen LogP contribution < -0.4 is 4.74 Å². The van der Waals surface area contributed by atoms with Crippen molar-refractivity contribution in [2.24, 2.45) is 5.92 Å². The minimum absolute atomic E-state index is 0.147. The molecule has 1 aliphatic rings. The van der Waals surface area contributed by atoms with Gasteiger partial charge in [-0.15, -0.1) is 0 Å². The Morgan fingerprint density at radius 1 is 1.55 bits per heavy atom. The highest BCUT2D eigenvalue weighted by atomic mass is 19.1. The summed E-state index contributed by atoms with van der Waals surface area (Å²) in [5, 5.41) is 9.20. The summed E-state index contributed by atoms with van der Waals surface area (Å²) >= 11 is 0. The van der Waals surface area contributed by atoms with Gasteiger partial charge in [0.2, 0.25) is 0 Å². The van der Waals surface area contributed by atoms with E-state index in [1.807, 2.05) is 4.90 Å². The van der Waals surface area contributed by atoms with Gasteiger partial charge in [0.15, 0.2) is 5.78 Å². The molecule has 0 bridgehead atoms. The third-order valence-corrected chi connectivity index (χ3v) is 3.69. The Morgan fingerprint density at radius 2 is 2.35 bits per heavy atom. The topological polar surface area (TPSA) is 49.8 Å². The number of ether oxygens (including phenoxy) is 1. The molecule has 1 atom stereocenters. The number of methoxy groups -OCH3 is 1. The number of hydrogen-bond donors (Lipinski definition) is 1. The SMILES string of the molecule is COc1ccc(F)cc1C(=O)CN1CCCC(CO)C1. The van der Waals surface area contributed by atoms with Crippen molar-refractivity contribution in [3.63, 3.8) is 0 Å². The zero-order valence-electron chi connectivity index (χ0n) is 11.6. The molecule has 1 aromatic carbocycles. The summed E-state index contributed by atoms with van der Waals surface area (Å²) in [6, 6.07) is 3.96. The summed E-state index contributed by atoms with van der Waals surface area (Å²) in [4.78, 5) is 14.3. The number of halogens is 1. The first-order valence-electron chi connectivity index (χ1n) is 6.84. The number of likely N-dealkylation sites (tertiary alicyclic amines) is 1. The number of benzene rings is 1. The molecule has 110 valence electrons. The van der Waals surface area contributed by atoms with E-state index in [2.05, 4.69) is 0 Å². The van der Waals surface area contributed by atoms with Crippen LogP contribution in [0.1, 0.15) is 23.2 Å². The zero-order valence-corrected chi connectivity index (χ0v) is 11.6. The quantitative estimate of drug-likeness (QED) is 0.835. The van der Waals surface area contributed by atoms with Gasteiger partial charge in [0.05, 0.1) is 19.2 Å². The van der Waals surface area contributed by atoms with Gasteiger partial charge < -0.3 is 9.84 Å². The fourth-order valence-corrected chi connectivity index (χ4v) is 2.63. The summed E-state index contributed by atoms with van der Waals surface area (Å²) in [6.45, 7) is 1.92. The lowest BCUT2D eigenvalue weighted by Crippen LogP contribution is -2.39. The Labute approximate surface area is 118 Å². The van der Waals surface area contributed by atoms with E-state index in [9.17, 15) is 14.3 Å². The lowest BCUT2D eigenvalue weighted by atomic mass is 9.98. The normalized spacial score (nSPS) is 19.9. The monoisotopic (exact) mass is 281 g/mol. The summed E-state index contributed by atoms with van der Waals surface area (Å²) in [6.07, 6.45) is 1.96. The molecular formula is C15H20FNO3. The predicted molar refractivity (Wildman–Crippen MR) is 73.5 cm³/mol. The first-order valence-corrected chi connectivity index (χ1v) is 6.84. The summed E-state index contributed by atoms with van der Waals surface area (Å²) < 4.78 is 18.4. The molecule has 0 aliphatic carbocycles. The maximum Gasteiger partial charge on any atom is 0.180 e. The Bertz CT molecular complexity index is 478. The molecule has 4 nitrogen and oxygen atoms in total. The third kappa shape index (κ3) is 3.55. The number of ketones is 1. The maximum absolute atomic E-state index is 13.3. The minimum atomic E-state index is -0.443. The molecule has 5 heteroatoms. The number of aliphatic hydroxyl groups is 1. The molecule has 0 aromatic heterocycles. The Hall–Kier alpha value is -1.46. The van der Waals surface area contributed by atoms with Crippen LogP contribution in [-0.4, -0.2) is 49.1 Å². The van der Waals surface area contributed by atoms with Crippen LogP contribution in [0.3, 0.4) is 0 Å². The van der Waals surface area contributed by atoms with Crippen molar-refractivity contribution in [1.29, 1.82) is 0 Å². The smallest absolute Gasteiger partial charge is 0.180 e. The van der Waals surface area contributed by atoms with Crippen LogP contribution >= 0.6 is 0 Å². The van der Waals surface area contributed by atoms with Crippen molar-refractivity contribution in [2.45, 2.75) is 12.8 Å². The van der Waals surface area contributed by atoms with Gasteiger partial charge in [-0.2, -0.15) is 0 Å². The van der Waals surface area contributed by atoms with Gasteiger partial charge in [-0.3, -0.25) is 9.69 Å². The van der Waals surface area contributed by atoms with Gasteiger partial charge in [-0.05, 0) is 43.5 Å². The second kappa shape index (κ2) is 6.81. The molecule has 2 rings (SSSR count). The number of piperidine rings is 1. The molecule has 1 heterocycles. The van der Waals surface area contributed by atoms with E-state index in [1.54, 1.807) is 0 Å². The third-order valence-electron chi connectivity index (χ3n) is 3.69. The van der Waals surface area contributed by atoms with Gasteiger partial charge in [0, 0.05) is 13.2 Å². The molecule has 1 N–H and O–H groups in total. The van der Waals surface area contributed by atoms with E-state index in [4.69, 9.17) is 4.74 Å². The van der Waals surface area contributed by atoms with Crippen molar-refractivity contribution in [3.8, 4) is 5.75 Å². The number of carbonyl (C=O) groups excluding carboxylic acids is 1. The van der Waals surface area contributed by atoms with Crippen LogP contribution in [0.25, 0.3) is 0 Å². The van der Waals surface area contributed by atoms with Crippen molar-refractivity contribution in [2.75, 3.05) is 33.4 Å². The lowest BCUT2D eigenvalue weighted by molar-refractivity contribution is 0.0830. The van der Waals surface area contributed by atoms with Crippen molar-refractivity contribution < 1.29 is 19.0 Å². The van der Waals surface area contributed by atoms with E-state index in [1.165, 1.54) is 25.3 Å². The first kappa shape index (κ1) is 14.9. The van der Waals surface area contributed by atoms with Crippen LogP contribution in [0.5, 0.6) is 5.75 Å². The standard InChI is InChI=1S/C15H20FNO3/c1-20-15-5-4-12(16)7-13(15)14(19)9-17-6-2-3-11(8-17)10-18/h4-5,7,11,18H,2-3,6,8-10H2,1H3. The highest BCUT2D eigenvalue weighted by molar-refractivity contribution is 6.00. The average molecular weight is 281 g/mol. The minimum Gasteiger partial charge on any atom is -0.496 e. The van der Waals surface area contributed by atoms with E-state index >= 15 is 0 Å². The molecule has 1 saturated heterocycles. The van der Waals surface area contributed by atoms with Crippen LogP contribution in [0, 0.1) is 11.7 Å². The molecule has 20 heavy (non-hydrogen) atoms. The predicted octanol–water partition coefficient (Wildman–Crippen LogP) is 1.72. The second-order valence-corrected chi connectivity index (χ2v) is 5.19. The molecular weight excluding hydrogens is 261 g/mol. The van der Waals surface area contributed by atoms with E-state index < -0.39 is 5.82 Å². The van der Waals surface area contributed by atoms with Crippen LogP contribution in [0.15, 0.2) is 18.2 Å². The summed E-state index contributed by atoms with van der Waals surface area (Å²) in [7, 11) is 1.46. The van der Waals surface area contributed by atoms with Gasteiger partial charge in [0.1, 0.15) is 11.6 Å². The fourth-order valence-electron chi connectivity index (χ4n) is 2.63. The fraction of sp³-hybridized carbons (Fsp3) is 0.533. The van der Waals surface area contributed by atoms with Crippen LogP contribution in [0.2, 0.25) is 0 Å². The molecule has 0 saturated carbocycles. The van der Waals surface area contributed by atoms with Crippen LogP contribution in [0.4, 0.5) is 4.39 Å². The summed E-state index contributed by atoms with van der Waals surface area (Å²) in [5.74, 6) is 0.0269. The number of aliphatic hydroxyl groups excluding tert-OH is 1. The number of rotatable bonds is 5. The zero-order chi connectivity index (χ0) is 14.5. The number of hydrogen-bond acceptors (Lipinski definition) is 4. The van der Waals surface area contributed by atoms with Gasteiger partial charge in [-0.25, -0.2) is 4.39 Å². The van der Waals surface area contributed by atoms with E-state index in [-0.39, 0.29) is 30.4 Å². The molecule has 1 fully saturated rings. The van der Waals surface area contributed by atoms with Gasteiger partial charge in [-0.1, -0.05) is 0 Å². The molecule has 0 amide bonds. The Kier molecular flexibility index (Phi) is 5.09. The van der Waals surface area contributed by atoms with Crippen molar-refractivity contribution in [3.05, 3.63) is 29.6 Å². The van der Waals surface area contributed by atoms with E-state index in [0.717, 1.165) is 19.4 Å². The number of Topliss-reactive ketones (excluding diaryl/α,β-unsaturated/α-hetero) is 1. The lowest BCUT2D eigenvalue weighted by Gasteiger charge is -2.31. The largest absolute Gasteiger partial charge is 0.496 e. The van der Waals surface area contributed by atoms with Crippen molar-refractivity contribution in [1.82, 2.24) is 4.90 Å². The number of carbonyl (C=O) groups is 1. The first-order chi connectivity index (χ1) is 9.63. The molecule has 0 spiro atoms. The van der Waals surface area contributed by atoms with Gasteiger partial charge in [0.25, 0.3) is 0 Å². The Balaban J connectivity index is 2.06. The highest BCUT2D eigenvalue weighted by Crippen LogP contribution is 2.21. The van der Waals surface area contributed by atoms with Crippen LogP contribution in [-0.2, 0) is 0 Å². The van der Waals surface area contributed by atoms with E-state index in [0.29, 0.717) is 12.3 Å². The summed E-state index contributed by atoms with van der Waals surface area (Å²) in [5.41, 5.74) is 0.277. The average Bonchev–Trinajstić information content (AvgIpc) is 2.47. The molecule has 1 aliphatic heterocycles. The Morgan fingerprint density at radius 3 is 3.05 bits per heavy atom.